The molecule has 0 aliphatic carbocycles. The molecule has 0 unspecified atom stereocenters. The van der Waals surface area contributed by atoms with E-state index in [0.29, 0.717) is 24.5 Å². The average molecular weight is 371 g/mol. The van der Waals surface area contributed by atoms with Gasteiger partial charge in [0.15, 0.2) is 0 Å². The number of nitrogens with zero attached hydrogens (tertiary/aromatic N) is 3. The fraction of sp³-hybridized carbons (Fsp3) is 0.263. The quantitative estimate of drug-likeness (QED) is 0.743. The molecule has 3 aromatic rings. The summed E-state index contributed by atoms with van der Waals surface area (Å²) in [5.74, 6) is 1.09. The highest BCUT2D eigenvalue weighted by atomic mass is 35.5. The lowest BCUT2D eigenvalue weighted by Crippen LogP contribution is -2.49. The molecular weight excluding hydrogens is 352 g/mol. The van der Waals surface area contributed by atoms with E-state index in [1.165, 1.54) is 6.20 Å². The Hall–Kier alpha value is -2.73. The van der Waals surface area contributed by atoms with Crippen LogP contribution in [0.5, 0.6) is 5.75 Å². The number of amides is 1. The lowest BCUT2D eigenvalue weighted by molar-refractivity contribution is -0.130. The molecule has 6 nitrogen and oxygen atoms in total. The van der Waals surface area contributed by atoms with Gasteiger partial charge in [0.05, 0.1) is 12.6 Å². The fourth-order valence-electron chi connectivity index (χ4n) is 3.32. The summed E-state index contributed by atoms with van der Waals surface area (Å²) in [7, 11) is 0. The summed E-state index contributed by atoms with van der Waals surface area (Å²) < 4.78 is 0. The highest BCUT2D eigenvalue weighted by molar-refractivity contribution is 6.31. The maximum atomic E-state index is 12.7. The summed E-state index contributed by atoms with van der Waals surface area (Å²) in [4.78, 5) is 24.1. The van der Waals surface area contributed by atoms with Crippen molar-refractivity contribution >= 4 is 34.2 Å². The van der Waals surface area contributed by atoms with E-state index in [1.54, 1.807) is 12.1 Å². The van der Waals surface area contributed by atoms with Gasteiger partial charge in [0.2, 0.25) is 5.91 Å². The van der Waals surface area contributed by atoms with Crippen LogP contribution >= 0.6 is 11.6 Å². The van der Waals surface area contributed by atoms with E-state index >= 15 is 0 Å². The predicted molar refractivity (Wildman–Crippen MR) is 102 cm³/mol. The molecule has 1 aromatic carbocycles. The van der Waals surface area contributed by atoms with Crippen LogP contribution in [0.2, 0.25) is 5.02 Å². The van der Waals surface area contributed by atoms with Crippen molar-refractivity contribution < 1.29 is 9.90 Å². The van der Waals surface area contributed by atoms with Crippen molar-refractivity contribution in [2.75, 3.05) is 31.1 Å². The number of carbonyl (C=O) groups is 1. The third-order valence-electron chi connectivity index (χ3n) is 4.76. The van der Waals surface area contributed by atoms with Gasteiger partial charge in [-0.25, -0.2) is 4.98 Å². The number of halogens is 1. The Morgan fingerprint density at radius 2 is 2.00 bits per heavy atom. The summed E-state index contributed by atoms with van der Waals surface area (Å²) in [5.41, 5.74) is 1.95. The van der Waals surface area contributed by atoms with Crippen LogP contribution in [-0.4, -0.2) is 52.1 Å². The zero-order valence-corrected chi connectivity index (χ0v) is 14.9. The number of anilines is 1. The second-order valence-electron chi connectivity index (χ2n) is 6.42. The first kappa shape index (κ1) is 16.7. The topological polar surface area (TPSA) is 72.5 Å². The van der Waals surface area contributed by atoms with E-state index in [0.717, 1.165) is 35.4 Å². The molecule has 0 radical (unpaired) electrons. The predicted octanol–water partition coefficient (Wildman–Crippen LogP) is 2.81. The van der Waals surface area contributed by atoms with E-state index in [-0.39, 0.29) is 11.7 Å². The number of aromatic nitrogens is 2. The Balaban J connectivity index is 1.40. The minimum atomic E-state index is 0.115. The molecule has 1 amide bonds. The zero-order valence-electron chi connectivity index (χ0n) is 14.2. The number of aromatic hydroxyl groups is 1. The van der Waals surface area contributed by atoms with E-state index in [2.05, 4.69) is 14.9 Å². The Labute approximate surface area is 156 Å². The summed E-state index contributed by atoms with van der Waals surface area (Å²) in [6.45, 7) is 2.77. The van der Waals surface area contributed by atoms with Crippen LogP contribution in [0.3, 0.4) is 0 Å². The summed E-state index contributed by atoms with van der Waals surface area (Å²) in [6, 6.07) is 9.08. The van der Waals surface area contributed by atoms with Gasteiger partial charge in [-0.15, -0.1) is 0 Å². The zero-order chi connectivity index (χ0) is 18.1. The lowest BCUT2D eigenvalue weighted by Gasteiger charge is -2.35. The average Bonchev–Trinajstić information content (AvgIpc) is 3.04. The third-order valence-corrected chi connectivity index (χ3v) is 4.99. The van der Waals surface area contributed by atoms with E-state index in [4.69, 9.17) is 11.6 Å². The first-order valence-electron chi connectivity index (χ1n) is 8.53. The number of pyridine rings is 1. The lowest BCUT2D eigenvalue weighted by atomic mass is 10.1. The highest BCUT2D eigenvalue weighted by Gasteiger charge is 2.22. The minimum Gasteiger partial charge on any atom is -0.506 e. The number of benzene rings is 1. The maximum Gasteiger partial charge on any atom is 0.227 e. The van der Waals surface area contributed by atoms with Crippen LogP contribution in [0.25, 0.3) is 10.9 Å². The molecule has 0 atom stereocenters. The maximum absolute atomic E-state index is 12.7. The van der Waals surface area contributed by atoms with E-state index in [9.17, 15) is 9.90 Å². The molecule has 0 bridgehead atoms. The number of nitrogens with one attached hydrogen (secondary N) is 1. The molecule has 2 N–H and O–H groups in total. The van der Waals surface area contributed by atoms with Crippen LogP contribution in [0, 0.1) is 0 Å². The number of hydrogen-bond acceptors (Lipinski definition) is 4. The van der Waals surface area contributed by atoms with Crippen molar-refractivity contribution in [1.82, 2.24) is 14.9 Å². The third kappa shape index (κ3) is 3.32. The monoisotopic (exact) mass is 370 g/mol. The molecule has 1 saturated heterocycles. The number of fused-ring (bicyclic) bond motifs is 1. The molecule has 4 rings (SSSR count). The van der Waals surface area contributed by atoms with Crippen molar-refractivity contribution in [3.8, 4) is 5.75 Å². The van der Waals surface area contributed by atoms with E-state index < -0.39 is 0 Å². The van der Waals surface area contributed by atoms with Crippen molar-refractivity contribution in [3.05, 3.63) is 53.3 Å². The second kappa shape index (κ2) is 6.88. The number of H-pyrrole nitrogens is 1. The molecule has 1 aliphatic rings. The summed E-state index contributed by atoms with van der Waals surface area (Å²) >= 11 is 6.08. The molecular formula is C19H19ClN4O2. The van der Waals surface area contributed by atoms with Gasteiger partial charge in [0.25, 0.3) is 0 Å². The van der Waals surface area contributed by atoms with Gasteiger partial charge in [-0.3, -0.25) is 4.79 Å². The summed E-state index contributed by atoms with van der Waals surface area (Å²) in [6.07, 6.45) is 3.68. The SMILES string of the molecule is O=C(Cc1c[nH]c2ccc(Cl)cc12)N1CCN(c2ccc(O)cn2)CC1. The van der Waals surface area contributed by atoms with Gasteiger partial charge >= 0.3 is 0 Å². The number of hydrogen-bond donors (Lipinski definition) is 2. The highest BCUT2D eigenvalue weighted by Crippen LogP contribution is 2.23. The fourth-order valence-corrected chi connectivity index (χ4v) is 3.49. The molecule has 1 aliphatic heterocycles. The number of rotatable bonds is 3. The molecule has 3 heterocycles. The largest absolute Gasteiger partial charge is 0.506 e. The normalized spacial score (nSPS) is 14.8. The molecule has 134 valence electrons. The molecule has 26 heavy (non-hydrogen) atoms. The minimum absolute atomic E-state index is 0.115. The number of piperazine rings is 1. The van der Waals surface area contributed by atoms with Crippen molar-refractivity contribution in [3.63, 3.8) is 0 Å². The molecule has 0 spiro atoms. The Kier molecular flexibility index (Phi) is 4.42. The van der Waals surface area contributed by atoms with Gasteiger partial charge in [-0.2, -0.15) is 0 Å². The molecule has 0 saturated carbocycles. The van der Waals surface area contributed by atoms with Crippen molar-refractivity contribution in [2.24, 2.45) is 0 Å². The summed E-state index contributed by atoms with van der Waals surface area (Å²) in [5, 5.41) is 11.0. The van der Waals surface area contributed by atoms with Gasteiger partial charge in [-0.05, 0) is 35.9 Å². The molecule has 1 fully saturated rings. The smallest absolute Gasteiger partial charge is 0.227 e. The standard InChI is InChI=1S/C19H19ClN4O2/c20-14-1-3-17-16(10-14)13(11-21-17)9-19(26)24-7-5-23(6-8-24)18-4-2-15(25)12-22-18/h1-4,10-12,21,25H,5-9H2. The van der Waals surface area contributed by atoms with Crippen LogP contribution in [0.15, 0.2) is 42.7 Å². The Morgan fingerprint density at radius 1 is 1.19 bits per heavy atom. The molecule has 2 aromatic heterocycles. The van der Waals surface area contributed by atoms with Gasteiger partial charge < -0.3 is 19.9 Å². The van der Waals surface area contributed by atoms with Crippen molar-refractivity contribution in [1.29, 1.82) is 0 Å². The Bertz CT molecular complexity index is 930. The van der Waals surface area contributed by atoms with Crippen molar-refractivity contribution in [2.45, 2.75) is 6.42 Å². The van der Waals surface area contributed by atoms with Crippen LogP contribution in [0.4, 0.5) is 5.82 Å². The van der Waals surface area contributed by atoms with Crippen LogP contribution in [-0.2, 0) is 11.2 Å². The van der Waals surface area contributed by atoms with Crippen LogP contribution < -0.4 is 4.90 Å². The second-order valence-corrected chi connectivity index (χ2v) is 6.86. The first-order chi connectivity index (χ1) is 12.6. The number of aromatic amines is 1. The first-order valence-corrected chi connectivity index (χ1v) is 8.91. The van der Waals surface area contributed by atoms with E-state index in [1.807, 2.05) is 29.3 Å². The van der Waals surface area contributed by atoms with Gasteiger partial charge in [0, 0.05) is 48.3 Å². The number of carbonyl (C=O) groups excluding carboxylic acids is 1. The van der Waals surface area contributed by atoms with Gasteiger partial charge in [-0.1, -0.05) is 11.6 Å². The molecule has 7 heteroatoms. The van der Waals surface area contributed by atoms with Crippen LogP contribution in [0.1, 0.15) is 5.56 Å². The van der Waals surface area contributed by atoms with Gasteiger partial charge in [0.1, 0.15) is 11.6 Å². The Morgan fingerprint density at radius 3 is 2.73 bits per heavy atom.